The van der Waals surface area contributed by atoms with Crippen LogP contribution in [0.3, 0.4) is 0 Å². The van der Waals surface area contributed by atoms with Gasteiger partial charge in [-0.2, -0.15) is 0 Å². The summed E-state index contributed by atoms with van der Waals surface area (Å²) in [4.78, 5) is 8.68. The lowest BCUT2D eigenvalue weighted by molar-refractivity contribution is 0.626. The van der Waals surface area contributed by atoms with E-state index in [1.807, 2.05) is 30.6 Å². The molecule has 2 N–H and O–H groups in total. The van der Waals surface area contributed by atoms with Crippen molar-refractivity contribution in [2.75, 3.05) is 13.6 Å². The van der Waals surface area contributed by atoms with Gasteiger partial charge in [0.05, 0.1) is 6.54 Å². The third-order valence-corrected chi connectivity index (χ3v) is 4.25. The molecule has 0 saturated carbocycles. The van der Waals surface area contributed by atoms with Crippen LogP contribution >= 0.6 is 0 Å². The van der Waals surface area contributed by atoms with Crippen molar-refractivity contribution in [2.24, 2.45) is 4.99 Å². The summed E-state index contributed by atoms with van der Waals surface area (Å²) in [5.41, 5.74) is 2.32. The predicted molar refractivity (Wildman–Crippen MR) is 106 cm³/mol. The SMILES string of the molecule is CN=C(NCCc1ccc(F)cc1)NCc1nccn1Cc1ccccc1. The van der Waals surface area contributed by atoms with Gasteiger partial charge in [0, 0.05) is 32.5 Å². The average Bonchev–Trinajstić information content (AvgIpc) is 3.14. The highest BCUT2D eigenvalue weighted by Crippen LogP contribution is 2.05. The summed E-state index contributed by atoms with van der Waals surface area (Å²) >= 11 is 0. The fourth-order valence-corrected chi connectivity index (χ4v) is 2.79. The maximum atomic E-state index is 12.9. The summed E-state index contributed by atoms with van der Waals surface area (Å²) in [6, 6.07) is 16.9. The molecule has 3 aromatic rings. The van der Waals surface area contributed by atoms with E-state index < -0.39 is 0 Å². The molecule has 2 aromatic carbocycles. The van der Waals surface area contributed by atoms with Gasteiger partial charge in [-0.1, -0.05) is 42.5 Å². The first-order chi connectivity index (χ1) is 13.2. The number of rotatable bonds is 7. The zero-order valence-corrected chi connectivity index (χ0v) is 15.4. The highest BCUT2D eigenvalue weighted by Gasteiger charge is 2.05. The zero-order valence-electron chi connectivity index (χ0n) is 15.4. The normalized spacial score (nSPS) is 11.4. The molecule has 6 heteroatoms. The lowest BCUT2D eigenvalue weighted by Gasteiger charge is -2.13. The van der Waals surface area contributed by atoms with Crippen molar-refractivity contribution in [3.05, 3.63) is 89.8 Å². The van der Waals surface area contributed by atoms with Crippen molar-refractivity contribution in [1.29, 1.82) is 0 Å². The van der Waals surface area contributed by atoms with Crippen LogP contribution in [0.25, 0.3) is 0 Å². The summed E-state index contributed by atoms with van der Waals surface area (Å²) in [6.07, 6.45) is 4.59. The van der Waals surface area contributed by atoms with Crippen LogP contribution in [0.1, 0.15) is 17.0 Å². The number of nitrogens with zero attached hydrogens (tertiary/aromatic N) is 3. The summed E-state index contributed by atoms with van der Waals surface area (Å²) in [6.45, 7) is 2.08. The Kier molecular flexibility index (Phi) is 6.57. The number of halogens is 1. The molecule has 0 fully saturated rings. The van der Waals surface area contributed by atoms with Crippen molar-refractivity contribution in [3.63, 3.8) is 0 Å². The van der Waals surface area contributed by atoms with Crippen molar-refractivity contribution in [2.45, 2.75) is 19.5 Å². The Bertz CT molecular complexity index is 856. The second kappa shape index (κ2) is 9.52. The van der Waals surface area contributed by atoms with Crippen LogP contribution in [-0.4, -0.2) is 29.1 Å². The number of guanidine groups is 1. The molecule has 1 heterocycles. The minimum Gasteiger partial charge on any atom is -0.356 e. The molecule has 0 bridgehead atoms. The van der Waals surface area contributed by atoms with E-state index in [9.17, 15) is 4.39 Å². The standard InChI is InChI=1S/C21H24FN5/c1-23-21(25-12-11-17-7-9-19(22)10-8-17)26-15-20-24-13-14-27(20)16-18-5-3-2-4-6-18/h2-10,13-14H,11-12,15-16H2,1H3,(H2,23,25,26). The molecule has 0 aliphatic carbocycles. The molecule has 27 heavy (non-hydrogen) atoms. The Morgan fingerprint density at radius 2 is 1.81 bits per heavy atom. The molecule has 0 aliphatic rings. The molecule has 0 amide bonds. The molecule has 1 aromatic heterocycles. The highest BCUT2D eigenvalue weighted by molar-refractivity contribution is 5.79. The highest BCUT2D eigenvalue weighted by atomic mass is 19.1. The molecule has 0 atom stereocenters. The van der Waals surface area contributed by atoms with Crippen molar-refractivity contribution in [3.8, 4) is 0 Å². The summed E-state index contributed by atoms with van der Waals surface area (Å²) in [5, 5.41) is 6.56. The number of benzene rings is 2. The molecule has 0 radical (unpaired) electrons. The van der Waals surface area contributed by atoms with E-state index in [2.05, 4.69) is 37.3 Å². The van der Waals surface area contributed by atoms with E-state index in [-0.39, 0.29) is 5.82 Å². The number of imidazole rings is 1. The molecular weight excluding hydrogens is 341 g/mol. The van der Waals surface area contributed by atoms with Crippen LogP contribution < -0.4 is 10.6 Å². The molecule has 0 aliphatic heterocycles. The second-order valence-electron chi connectivity index (χ2n) is 6.19. The summed E-state index contributed by atoms with van der Waals surface area (Å²) in [7, 11) is 1.74. The lowest BCUT2D eigenvalue weighted by Crippen LogP contribution is -2.38. The topological polar surface area (TPSA) is 54.2 Å². The number of aliphatic imine (C=N–C) groups is 1. The maximum Gasteiger partial charge on any atom is 0.191 e. The minimum atomic E-state index is -0.213. The van der Waals surface area contributed by atoms with Gasteiger partial charge in [-0.25, -0.2) is 9.37 Å². The van der Waals surface area contributed by atoms with Crippen molar-refractivity contribution < 1.29 is 4.39 Å². The fourth-order valence-electron chi connectivity index (χ4n) is 2.79. The average molecular weight is 365 g/mol. The Balaban J connectivity index is 1.48. The van der Waals surface area contributed by atoms with Gasteiger partial charge in [0.2, 0.25) is 0 Å². The number of aromatic nitrogens is 2. The third-order valence-electron chi connectivity index (χ3n) is 4.25. The van der Waals surface area contributed by atoms with Crippen LogP contribution in [0.2, 0.25) is 0 Å². The Morgan fingerprint density at radius 1 is 1.04 bits per heavy atom. The first-order valence-electron chi connectivity index (χ1n) is 8.97. The molecular formula is C21H24FN5. The van der Waals surface area contributed by atoms with E-state index in [0.29, 0.717) is 19.0 Å². The first kappa shape index (κ1) is 18.6. The predicted octanol–water partition coefficient (Wildman–Crippen LogP) is 2.98. The smallest absolute Gasteiger partial charge is 0.191 e. The zero-order chi connectivity index (χ0) is 18.9. The molecule has 5 nitrogen and oxygen atoms in total. The van der Waals surface area contributed by atoms with Gasteiger partial charge in [0.25, 0.3) is 0 Å². The van der Waals surface area contributed by atoms with E-state index >= 15 is 0 Å². The fraction of sp³-hybridized carbons (Fsp3) is 0.238. The largest absolute Gasteiger partial charge is 0.356 e. The second-order valence-corrected chi connectivity index (χ2v) is 6.19. The quantitative estimate of drug-likeness (QED) is 0.500. The third kappa shape index (κ3) is 5.67. The molecule has 0 saturated heterocycles. The summed E-state index contributed by atoms with van der Waals surface area (Å²) in [5.74, 6) is 1.45. The molecule has 3 rings (SSSR count). The van der Waals surface area contributed by atoms with Crippen LogP contribution in [-0.2, 0) is 19.5 Å². The number of hydrogen-bond donors (Lipinski definition) is 2. The van der Waals surface area contributed by atoms with Gasteiger partial charge in [0.15, 0.2) is 5.96 Å². The van der Waals surface area contributed by atoms with Gasteiger partial charge < -0.3 is 15.2 Å². The number of nitrogens with one attached hydrogen (secondary N) is 2. The van der Waals surface area contributed by atoms with E-state index in [0.717, 1.165) is 24.4 Å². The number of hydrogen-bond acceptors (Lipinski definition) is 2. The Labute approximate surface area is 159 Å². The Morgan fingerprint density at radius 3 is 2.56 bits per heavy atom. The van der Waals surface area contributed by atoms with E-state index in [4.69, 9.17) is 0 Å². The maximum absolute atomic E-state index is 12.9. The van der Waals surface area contributed by atoms with Gasteiger partial charge in [-0.05, 0) is 29.7 Å². The van der Waals surface area contributed by atoms with Crippen LogP contribution in [0.15, 0.2) is 72.0 Å². The molecule has 140 valence electrons. The van der Waals surface area contributed by atoms with Crippen LogP contribution in [0, 0.1) is 5.82 Å². The van der Waals surface area contributed by atoms with Crippen LogP contribution in [0.4, 0.5) is 4.39 Å². The monoisotopic (exact) mass is 365 g/mol. The minimum absolute atomic E-state index is 0.213. The molecule has 0 spiro atoms. The van der Waals surface area contributed by atoms with Crippen molar-refractivity contribution >= 4 is 5.96 Å². The Hall–Kier alpha value is -3.15. The van der Waals surface area contributed by atoms with Gasteiger partial charge in [0.1, 0.15) is 11.6 Å². The van der Waals surface area contributed by atoms with Gasteiger partial charge >= 0.3 is 0 Å². The lowest BCUT2D eigenvalue weighted by atomic mass is 10.1. The van der Waals surface area contributed by atoms with Gasteiger partial charge in [-0.15, -0.1) is 0 Å². The van der Waals surface area contributed by atoms with Crippen LogP contribution in [0.5, 0.6) is 0 Å². The van der Waals surface area contributed by atoms with Crippen molar-refractivity contribution in [1.82, 2.24) is 20.2 Å². The first-order valence-corrected chi connectivity index (χ1v) is 8.97. The van der Waals surface area contributed by atoms with E-state index in [1.54, 1.807) is 19.2 Å². The summed E-state index contributed by atoms with van der Waals surface area (Å²) < 4.78 is 15.1. The van der Waals surface area contributed by atoms with E-state index in [1.165, 1.54) is 17.7 Å². The van der Waals surface area contributed by atoms with Gasteiger partial charge in [-0.3, -0.25) is 4.99 Å². The molecule has 0 unspecified atom stereocenters.